The van der Waals surface area contributed by atoms with Gasteiger partial charge in [0.25, 0.3) is 5.91 Å². The average molecular weight is 364 g/mol. The molecule has 6 heteroatoms. The van der Waals surface area contributed by atoms with Crippen molar-refractivity contribution in [1.82, 2.24) is 4.90 Å². The van der Waals surface area contributed by atoms with Gasteiger partial charge < -0.3 is 14.2 Å². The summed E-state index contributed by atoms with van der Waals surface area (Å²) in [5.74, 6) is 1.96. The highest BCUT2D eigenvalue weighted by molar-refractivity contribution is 9.10. The lowest BCUT2D eigenvalue weighted by Crippen LogP contribution is -2.30. The zero-order valence-corrected chi connectivity index (χ0v) is 14.6. The second-order valence-corrected chi connectivity index (χ2v) is 7.10. The Kier molecular flexibility index (Phi) is 4.18. The topological polar surface area (TPSA) is 38.8 Å². The number of amides is 1. The van der Waals surface area contributed by atoms with Crippen LogP contribution in [0.4, 0.5) is 0 Å². The van der Waals surface area contributed by atoms with E-state index in [0.29, 0.717) is 13.1 Å². The summed E-state index contributed by atoms with van der Waals surface area (Å²) >= 11 is 3.51. The van der Waals surface area contributed by atoms with Crippen LogP contribution < -0.4 is 0 Å². The largest absolute Gasteiger partial charge is 0.486 e. The molecule has 1 fully saturated rings. The van der Waals surface area contributed by atoms with Crippen LogP contribution in [0, 0.1) is 0 Å². The number of carbonyl (C=O) groups excluding carboxylic acids is 1. The third-order valence-corrected chi connectivity index (χ3v) is 5.08. The number of hydrogen-bond donors (Lipinski definition) is 0. The molecule has 0 radical (unpaired) electrons. The van der Waals surface area contributed by atoms with Crippen LogP contribution in [0.25, 0.3) is 0 Å². The van der Waals surface area contributed by atoms with Gasteiger partial charge in [-0.2, -0.15) is 0 Å². The van der Waals surface area contributed by atoms with E-state index in [1.165, 1.54) is 0 Å². The van der Waals surface area contributed by atoms with Crippen LogP contribution in [0.1, 0.15) is 36.7 Å². The van der Waals surface area contributed by atoms with Crippen LogP contribution in [-0.4, -0.2) is 36.2 Å². The molecule has 3 rings (SSSR count). The highest BCUT2D eigenvalue weighted by Gasteiger charge is 2.41. The Bertz CT molecular complexity index is 632. The van der Waals surface area contributed by atoms with Gasteiger partial charge in [0, 0.05) is 23.1 Å². The third-order valence-electron chi connectivity index (χ3n) is 4.34. The number of halogens is 1. The van der Waals surface area contributed by atoms with Crippen molar-refractivity contribution >= 4 is 29.0 Å². The number of carbonyl (C=O) groups is 1. The van der Waals surface area contributed by atoms with E-state index in [2.05, 4.69) is 15.9 Å². The first kappa shape index (κ1) is 15.8. The smallest absolute Gasteiger partial charge is 0.402 e. The first-order valence-electron chi connectivity index (χ1n) is 7.45. The summed E-state index contributed by atoms with van der Waals surface area (Å²) in [6.45, 7) is 7.23. The van der Waals surface area contributed by atoms with Crippen molar-refractivity contribution in [2.45, 2.75) is 39.0 Å². The van der Waals surface area contributed by atoms with Gasteiger partial charge in [0.1, 0.15) is 0 Å². The third kappa shape index (κ3) is 2.87. The average Bonchev–Trinajstić information content (AvgIpc) is 2.90. The Labute approximate surface area is 139 Å². The van der Waals surface area contributed by atoms with Crippen molar-refractivity contribution in [1.29, 1.82) is 0 Å². The molecule has 0 aliphatic carbocycles. The molecule has 1 atom stereocenters. The molecular formula is C16H19BBrNO3. The number of fused-ring (bicyclic) bond motifs is 1. The van der Waals surface area contributed by atoms with Gasteiger partial charge in [0.15, 0.2) is 0 Å². The van der Waals surface area contributed by atoms with Crippen LogP contribution >= 0.6 is 15.9 Å². The molecule has 2 aliphatic heterocycles. The lowest BCUT2D eigenvalue weighted by Gasteiger charge is -2.21. The maximum absolute atomic E-state index is 12.3. The lowest BCUT2D eigenvalue weighted by molar-refractivity contribution is 0.0795. The molecule has 0 saturated carbocycles. The van der Waals surface area contributed by atoms with Gasteiger partial charge in [0.05, 0.1) is 11.7 Å². The summed E-state index contributed by atoms with van der Waals surface area (Å²) < 4.78 is 12.5. The number of nitrogens with zero attached hydrogens (tertiary/aromatic N) is 1. The van der Waals surface area contributed by atoms with E-state index >= 15 is 0 Å². The lowest BCUT2D eigenvalue weighted by atomic mass is 9.90. The normalized spacial score (nSPS) is 23.6. The van der Waals surface area contributed by atoms with Crippen LogP contribution in [-0.2, 0) is 15.9 Å². The fraction of sp³-hybridized carbons (Fsp3) is 0.438. The van der Waals surface area contributed by atoms with E-state index in [0.717, 1.165) is 15.6 Å². The number of hydrogen-bond acceptors (Lipinski definition) is 3. The quantitative estimate of drug-likeness (QED) is 0.774. The van der Waals surface area contributed by atoms with Crippen molar-refractivity contribution in [2.75, 3.05) is 6.54 Å². The zero-order chi connectivity index (χ0) is 15.9. The van der Waals surface area contributed by atoms with E-state index in [9.17, 15) is 4.79 Å². The van der Waals surface area contributed by atoms with Gasteiger partial charge in [-0.3, -0.25) is 4.79 Å². The summed E-state index contributed by atoms with van der Waals surface area (Å²) in [7, 11) is -0.336. The minimum absolute atomic E-state index is 0.0516. The van der Waals surface area contributed by atoms with Gasteiger partial charge in [-0.1, -0.05) is 34.0 Å². The maximum Gasteiger partial charge on any atom is 0.486 e. The first-order valence-corrected chi connectivity index (χ1v) is 8.24. The summed E-state index contributed by atoms with van der Waals surface area (Å²) in [4.78, 5) is 14.2. The molecule has 1 amide bonds. The number of benzene rings is 1. The summed E-state index contributed by atoms with van der Waals surface area (Å²) in [5.41, 5.74) is 1.56. The summed E-state index contributed by atoms with van der Waals surface area (Å²) in [6, 6.07) is 5.73. The van der Waals surface area contributed by atoms with E-state index in [4.69, 9.17) is 9.31 Å². The fourth-order valence-electron chi connectivity index (χ4n) is 2.67. The van der Waals surface area contributed by atoms with Crippen molar-refractivity contribution in [2.24, 2.45) is 0 Å². The molecule has 1 aromatic rings. The molecular weight excluding hydrogens is 345 g/mol. The van der Waals surface area contributed by atoms with Crippen molar-refractivity contribution in [3.8, 4) is 0 Å². The predicted molar refractivity (Wildman–Crippen MR) is 89.5 cm³/mol. The van der Waals surface area contributed by atoms with Crippen molar-refractivity contribution in [3.63, 3.8) is 0 Å². The van der Waals surface area contributed by atoms with Crippen LogP contribution in [0.3, 0.4) is 0 Å². The molecule has 2 heterocycles. The predicted octanol–water partition coefficient (Wildman–Crippen LogP) is 3.20. The Balaban J connectivity index is 1.61. The molecule has 1 aromatic carbocycles. The standard InChI is InChI=1S/C16H19BBrNO3/c1-11-16(2,3)22-17(21-11)8-5-9-19-10-13-12(15(19)20)6-4-7-14(13)18/h4-8,11H,9-10H2,1-3H3/b8-5+. The van der Waals surface area contributed by atoms with Gasteiger partial charge in [0.2, 0.25) is 0 Å². The molecule has 0 N–H and O–H groups in total. The molecule has 0 spiro atoms. The van der Waals surface area contributed by atoms with Gasteiger partial charge in [-0.25, -0.2) is 0 Å². The van der Waals surface area contributed by atoms with Crippen LogP contribution in [0.2, 0.25) is 0 Å². The second-order valence-electron chi connectivity index (χ2n) is 6.25. The molecule has 4 nitrogen and oxygen atoms in total. The highest BCUT2D eigenvalue weighted by atomic mass is 79.9. The molecule has 0 aromatic heterocycles. The first-order chi connectivity index (χ1) is 10.4. The van der Waals surface area contributed by atoms with Gasteiger partial charge in [-0.15, -0.1) is 0 Å². The fourth-order valence-corrected chi connectivity index (χ4v) is 3.16. The van der Waals surface area contributed by atoms with Crippen molar-refractivity contribution in [3.05, 3.63) is 45.9 Å². The number of rotatable bonds is 3. The Hall–Kier alpha value is -1.11. The van der Waals surface area contributed by atoms with Crippen LogP contribution in [0.5, 0.6) is 0 Å². The monoisotopic (exact) mass is 363 g/mol. The molecule has 116 valence electrons. The molecule has 1 saturated heterocycles. The van der Waals surface area contributed by atoms with Gasteiger partial charge in [-0.05, 0) is 38.5 Å². The van der Waals surface area contributed by atoms with E-state index in [-0.39, 0.29) is 24.7 Å². The van der Waals surface area contributed by atoms with Gasteiger partial charge >= 0.3 is 7.12 Å². The Morgan fingerprint density at radius 2 is 2.27 bits per heavy atom. The van der Waals surface area contributed by atoms with E-state index in [1.807, 2.05) is 55.9 Å². The molecule has 22 heavy (non-hydrogen) atoms. The molecule has 1 unspecified atom stereocenters. The Morgan fingerprint density at radius 3 is 2.91 bits per heavy atom. The Morgan fingerprint density at radius 1 is 1.50 bits per heavy atom. The minimum Gasteiger partial charge on any atom is -0.402 e. The summed E-state index contributed by atoms with van der Waals surface area (Å²) in [5, 5.41) is 0. The zero-order valence-electron chi connectivity index (χ0n) is 13.0. The SMILES string of the molecule is CC1OB(/C=C/CN2Cc3c(Br)cccc3C2=O)OC1(C)C. The molecule has 0 bridgehead atoms. The second kappa shape index (κ2) is 5.83. The minimum atomic E-state index is -0.336. The molecule has 2 aliphatic rings. The van der Waals surface area contributed by atoms with E-state index < -0.39 is 0 Å². The highest BCUT2D eigenvalue weighted by Crippen LogP contribution is 2.30. The maximum atomic E-state index is 12.3. The summed E-state index contributed by atoms with van der Waals surface area (Å²) in [6.07, 6.45) is 1.99. The van der Waals surface area contributed by atoms with Crippen LogP contribution in [0.15, 0.2) is 34.7 Å². The van der Waals surface area contributed by atoms with Crippen molar-refractivity contribution < 1.29 is 14.1 Å². The van der Waals surface area contributed by atoms with E-state index in [1.54, 1.807) is 0 Å².